The Morgan fingerprint density at radius 3 is 2.92 bits per heavy atom. The molecular formula is C18H28N4O3. The number of morpholine rings is 1. The minimum Gasteiger partial charge on any atom is -0.375 e. The van der Waals surface area contributed by atoms with Crippen LogP contribution in [0.2, 0.25) is 0 Å². The molecule has 7 nitrogen and oxygen atoms in total. The summed E-state index contributed by atoms with van der Waals surface area (Å²) in [6.07, 6.45) is 3.45. The SMILES string of the molecule is COC1(C(=O)NCc2ccc(N3CCOC(C)C3)nc2)CCNCC1. The lowest BCUT2D eigenvalue weighted by atomic mass is 9.91. The van der Waals surface area contributed by atoms with E-state index in [9.17, 15) is 4.79 Å². The minimum atomic E-state index is -0.706. The summed E-state index contributed by atoms with van der Waals surface area (Å²) in [7, 11) is 1.62. The van der Waals surface area contributed by atoms with Gasteiger partial charge in [0.25, 0.3) is 5.91 Å². The zero-order valence-corrected chi connectivity index (χ0v) is 15.1. The van der Waals surface area contributed by atoms with Crippen molar-refractivity contribution in [3.63, 3.8) is 0 Å². The van der Waals surface area contributed by atoms with Crippen molar-refractivity contribution in [2.45, 2.75) is 38.0 Å². The van der Waals surface area contributed by atoms with Crippen LogP contribution in [0.15, 0.2) is 18.3 Å². The number of carbonyl (C=O) groups excluding carboxylic acids is 1. The quantitative estimate of drug-likeness (QED) is 0.816. The molecule has 2 aliphatic rings. The second kappa shape index (κ2) is 8.12. The first kappa shape index (κ1) is 18.1. The standard InChI is InChI=1S/C18H28N4O3/c1-14-13-22(9-10-25-14)16-4-3-15(11-20-16)12-21-17(23)18(24-2)5-7-19-8-6-18/h3-4,11,14,19H,5-10,12-13H2,1-2H3,(H,21,23). The van der Waals surface area contributed by atoms with Gasteiger partial charge in [0.05, 0.1) is 12.7 Å². The van der Waals surface area contributed by atoms with Gasteiger partial charge in [-0.1, -0.05) is 6.07 Å². The average Bonchev–Trinajstić information content (AvgIpc) is 2.67. The summed E-state index contributed by atoms with van der Waals surface area (Å²) in [6, 6.07) is 4.03. The molecule has 3 heterocycles. The molecule has 1 amide bonds. The van der Waals surface area contributed by atoms with Gasteiger partial charge in [-0.25, -0.2) is 4.98 Å². The molecule has 2 N–H and O–H groups in total. The second-order valence-electron chi connectivity index (χ2n) is 6.78. The molecule has 2 saturated heterocycles. The summed E-state index contributed by atoms with van der Waals surface area (Å²) >= 11 is 0. The van der Waals surface area contributed by atoms with Crippen LogP contribution in [0.3, 0.4) is 0 Å². The number of nitrogens with one attached hydrogen (secondary N) is 2. The van der Waals surface area contributed by atoms with Crippen LogP contribution >= 0.6 is 0 Å². The maximum atomic E-state index is 12.6. The van der Waals surface area contributed by atoms with Gasteiger partial charge in [-0.2, -0.15) is 0 Å². The normalized spacial score (nSPS) is 23.3. The number of aromatic nitrogens is 1. The number of nitrogens with zero attached hydrogens (tertiary/aromatic N) is 2. The second-order valence-corrected chi connectivity index (χ2v) is 6.78. The maximum absolute atomic E-state index is 12.6. The molecule has 0 saturated carbocycles. The lowest BCUT2D eigenvalue weighted by Crippen LogP contribution is -2.53. The van der Waals surface area contributed by atoms with Gasteiger partial charge in [-0.3, -0.25) is 4.79 Å². The number of pyridine rings is 1. The van der Waals surface area contributed by atoms with Crippen molar-refractivity contribution in [2.24, 2.45) is 0 Å². The van der Waals surface area contributed by atoms with E-state index in [-0.39, 0.29) is 12.0 Å². The number of anilines is 1. The average molecular weight is 348 g/mol. The van der Waals surface area contributed by atoms with Gasteiger partial charge in [0, 0.05) is 32.9 Å². The Balaban J connectivity index is 1.55. The number of carbonyl (C=O) groups is 1. The molecule has 25 heavy (non-hydrogen) atoms. The zero-order valence-electron chi connectivity index (χ0n) is 15.1. The predicted octanol–water partition coefficient (Wildman–Crippen LogP) is 0.692. The molecule has 1 aromatic rings. The number of hydrogen-bond donors (Lipinski definition) is 2. The van der Waals surface area contributed by atoms with E-state index in [2.05, 4.69) is 27.4 Å². The Bertz CT molecular complexity index is 572. The van der Waals surface area contributed by atoms with Crippen LogP contribution in [0, 0.1) is 0 Å². The van der Waals surface area contributed by atoms with Crippen LogP contribution in [0.4, 0.5) is 5.82 Å². The molecule has 0 aromatic carbocycles. The smallest absolute Gasteiger partial charge is 0.252 e. The highest BCUT2D eigenvalue weighted by atomic mass is 16.5. The molecule has 1 aromatic heterocycles. The van der Waals surface area contributed by atoms with Crippen LogP contribution in [-0.4, -0.2) is 62.5 Å². The van der Waals surface area contributed by atoms with Gasteiger partial charge in [0.2, 0.25) is 0 Å². The fourth-order valence-electron chi connectivity index (χ4n) is 3.43. The molecule has 2 fully saturated rings. The van der Waals surface area contributed by atoms with Crippen molar-refractivity contribution in [3.8, 4) is 0 Å². The predicted molar refractivity (Wildman–Crippen MR) is 95.6 cm³/mol. The Hall–Kier alpha value is -1.70. The first-order chi connectivity index (χ1) is 12.1. The van der Waals surface area contributed by atoms with Crippen molar-refractivity contribution in [1.29, 1.82) is 0 Å². The molecule has 138 valence electrons. The Morgan fingerprint density at radius 1 is 1.48 bits per heavy atom. The summed E-state index contributed by atoms with van der Waals surface area (Å²) in [4.78, 5) is 19.3. The van der Waals surface area contributed by atoms with Crippen LogP contribution < -0.4 is 15.5 Å². The third-order valence-electron chi connectivity index (χ3n) is 5.04. The van der Waals surface area contributed by atoms with Gasteiger partial charge in [0.15, 0.2) is 0 Å². The summed E-state index contributed by atoms with van der Waals surface area (Å²) < 4.78 is 11.1. The third kappa shape index (κ3) is 4.29. The summed E-state index contributed by atoms with van der Waals surface area (Å²) in [5, 5.41) is 6.26. The molecule has 7 heteroatoms. The Kier molecular flexibility index (Phi) is 5.88. The number of piperidine rings is 1. The monoisotopic (exact) mass is 348 g/mol. The van der Waals surface area contributed by atoms with E-state index in [1.807, 2.05) is 18.3 Å². The first-order valence-corrected chi connectivity index (χ1v) is 8.99. The number of rotatable bonds is 5. The van der Waals surface area contributed by atoms with Crippen molar-refractivity contribution < 1.29 is 14.3 Å². The number of amides is 1. The molecule has 0 aliphatic carbocycles. The van der Waals surface area contributed by atoms with Crippen molar-refractivity contribution in [3.05, 3.63) is 23.9 Å². The van der Waals surface area contributed by atoms with Crippen LogP contribution in [0.25, 0.3) is 0 Å². The Labute approximate surface area is 149 Å². The topological polar surface area (TPSA) is 75.7 Å². The molecule has 0 spiro atoms. The van der Waals surface area contributed by atoms with E-state index in [4.69, 9.17) is 9.47 Å². The number of ether oxygens (including phenoxy) is 2. The van der Waals surface area contributed by atoms with E-state index in [0.29, 0.717) is 19.4 Å². The Morgan fingerprint density at radius 2 is 2.28 bits per heavy atom. The van der Waals surface area contributed by atoms with Crippen LogP contribution in [0.1, 0.15) is 25.3 Å². The number of methoxy groups -OCH3 is 1. The van der Waals surface area contributed by atoms with Crippen molar-refractivity contribution >= 4 is 11.7 Å². The molecule has 2 aliphatic heterocycles. The lowest BCUT2D eigenvalue weighted by Gasteiger charge is -2.34. The van der Waals surface area contributed by atoms with Gasteiger partial charge in [-0.05, 0) is 44.5 Å². The van der Waals surface area contributed by atoms with E-state index < -0.39 is 5.60 Å². The first-order valence-electron chi connectivity index (χ1n) is 8.99. The van der Waals surface area contributed by atoms with E-state index >= 15 is 0 Å². The van der Waals surface area contributed by atoms with Gasteiger partial charge < -0.3 is 25.0 Å². The largest absolute Gasteiger partial charge is 0.375 e. The summed E-state index contributed by atoms with van der Waals surface area (Å²) in [5.41, 5.74) is 0.279. The fourth-order valence-corrected chi connectivity index (χ4v) is 3.43. The molecule has 3 rings (SSSR count). The maximum Gasteiger partial charge on any atom is 0.252 e. The van der Waals surface area contributed by atoms with Gasteiger partial charge in [-0.15, -0.1) is 0 Å². The van der Waals surface area contributed by atoms with E-state index in [1.54, 1.807) is 7.11 Å². The molecule has 1 unspecified atom stereocenters. The van der Waals surface area contributed by atoms with Crippen molar-refractivity contribution in [2.75, 3.05) is 44.8 Å². The highest BCUT2D eigenvalue weighted by molar-refractivity contribution is 5.85. The highest BCUT2D eigenvalue weighted by Gasteiger charge is 2.39. The van der Waals surface area contributed by atoms with Crippen molar-refractivity contribution in [1.82, 2.24) is 15.6 Å². The lowest BCUT2D eigenvalue weighted by molar-refractivity contribution is -0.146. The van der Waals surface area contributed by atoms with Gasteiger partial charge >= 0.3 is 0 Å². The van der Waals surface area contributed by atoms with E-state index in [0.717, 1.165) is 44.2 Å². The minimum absolute atomic E-state index is 0.0393. The van der Waals surface area contributed by atoms with E-state index in [1.165, 1.54) is 0 Å². The summed E-state index contributed by atoms with van der Waals surface area (Å²) in [6.45, 7) is 6.58. The van der Waals surface area contributed by atoms with Crippen LogP contribution in [0.5, 0.6) is 0 Å². The van der Waals surface area contributed by atoms with Gasteiger partial charge in [0.1, 0.15) is 11.4 Å². The summed E-state index contributed by atoms with van der Waals surface area (Å²) in [5.74, 6) is 0.916. The number of hydrogen-bond acceptors (Lipinski definition) is 6. The highest BCUT2D eigenvalue weighted by Crippen LogP contribution is 2.23. The molecule has 0 radical (unpaired) electrons. The third-order valence-corrected chi connectivity index (χ3v) is 5.04. The molecule has 0 bridgehead atoms. The molecule has 1 atom stereocenters. The van der Waals surface area contributed by atoms with Crippen LogP contribution in [-0.2, 0) is 20.8 Å². The zero-order chi connectivity index (χ0) is 17.7. The fraction of sp³-hybridized carbons (Fsp3) is 0.667. The molecular weight excluding hydrogens is 320 g/mol.